The molecule has 2 aromatic heterocycles. The molecule has 10 heteroatoms. The smallest absolute Gasteiger partial charge is 0.322 e. The number of aliphatic carboxylic acids is 1. The molecule has 0 fully saturated rings. The zero-order chi connectivity index (χ0) is 21.2. The lowest BCUT2D eigenvalue weighted by Gasteiger charge is -2.07. The normalized spacial score (nSPS) is 10.5. The molecular formula is C19H25N5O5. The fraction of sp³-hybridized carbons (Fsp3) is 0.421. The second kappa shape index (κ2) is 10.8. The summed E-state index contributed by atoms with van der Waals surface area (Å²) in [5.74, 6) is -2.16. The van der Waals surface area contributed by atoms with Gasteiger partial charge in [-0.1, -0.05) is 12.5 Å². The highest BCUT2D eigenvalue weighted by Crippen LogP contribution is 2.11. The van der Waals surface area contributed by atoms with Crippen molar-refractivity contribution in [2.75, 3.05) is 19.6 Å². The molecule has 2 heterocycles. The fourth-order valence-electron chi connectivity index (χ4n) is 2.76. The highest BCUT2D eigenvalue weighted by Gasteiger charge is 2.15. The number of unbranched alkanes of at least 4 members (excludes halogenated alkanes) is 2. The van der Waals surface area contributed by atoms with Crippen molar-refractivity contribution in [1.29, 1.82) is 0 Å². The van der Waals surface area contributed by atoms with Gasteiger partial charge in [0.2, 0.25) is 11.8 Å². The molecule has 0 bridgehead atoms. The summed E-state index contributed by atoms with van der Waals surface area (Å²) in [5.41, 5.74) is 1.90. The monoisotopic (exact) mass is 403 g/mol. The van der Waals surface area contributed by atoms with Crippen LogP contribution in [-0.4, -0.2) is 57.8 Å². The van der Waals surface area contributed by atoms with Gasteiger partial charge in [0, 0.05) is 19.2 Å². The predicted molar refractivity (Wildman–Crippen MR) is 104 cm³/mol. The maximum absolute atomic E-state index is 12.4. The highest BCUT2D eigenvalue weighted by molar-refractivity contribution is 5.94. The molecule has 4 N–H and O–H groups in total. The maximum Gasteiger partial charge on any atom is 0.322 e. The number of nitrogens with one attached hydrogen (secondary N) is 3. The number of carboxylic acid groups (broad SMARTS) is 1. The van der Waals surface area contributed by atoms with Gasteiger partial charge in [-0.2, -0.15) is 0 Å². The minimum absolute atomic E-state index is 0.189. The minimum Gasteiger partial charge on any atom is -0.480 e. The van der Waals surface area contributed by atoms with Crippen molar-refractivity contribution in [1.82, 2.24) is 25.3 Å². The number of fused-ring (bicyclic) bond motifs is 1. The molecule has 3 amide bonds. The third-order valence-electron chi connectivity index (χ3n) is 4.17. The number of aromatic nitrogens is 2. The van der Waals surface area contributed by atoms with Crippen LogP contribution in [0.1, 0.15) is 41.9 Å². The van der Waals surface area contributed by atoms with E-state index >= 15 is 0 Å². The Kier molecular flexibility index (Phi) is 8.13. The molecule has 29 heavy (non-hydrogen) atoms. The Labute approximate surface area is 167 Å². The number of rotatable bonds is 11. The molecule has 2 aromatic rings. The van der Waals surface area contributed by atoms with E-state index in [1.165, 1.54) is 0 Å². The lowest BCUT2D eigenvalue weighted by molar-refractivity contribution is -0.137. The number of hydrogen-bond acceptors (Lipinski definition) is 5. The molecule has 0 aliphatic heterocycles. The van der Waals surface area contributed by atoms with Crippen LogP contribution < -0.4 is 16.0 Å². The van der Waals surface area contributed by atoms with Crippen molar-refractivity contribution in [2.45, 2.75) is 32.6 Å². The lowest BCUT2D eigenvalue weighted by atomic mass is 10.2. The Morgan fingerprint density at radius 3 is 2.52 bits per heavy atom. The first-order valence-corrected chi connectivity index (χ1v) is 9.35. The molecule has 0 atom stereocenters. The Bertz CT molecular complexity index is 892. The third-order valence-corrected chi connectivity index (χ3v) is 4.17. The van der Waals surface area contributed by atoms with Gasteiger partial charge in [0.25, 0.3) is 5.91 Å². The molecule has 0 aromatic carbocycles. The van der Waals surface area contributed by atoms with Crippen LogP contribution in [0.2, 0.25) is 0 Å². The van der Waals surface area contributed by atoms with Gasteiger partial charge in [-0.15, -0.1) is 0 Å². The Hall–Kier alpha value is -3.43. The van der Waals surface area contributed by atoms with Crippen LogP contribution in [0.4, 0.5) is 0 Å². The summed E-state index contributed by atoms with van der Waals surface area (Å²) in [7, 11) is 0. The van der Waals surface area contributed by atoms with Gasteiger partial charge in [-0.25, -0.2) is 4.98 Å². The van der Waals surface area contributed by atoms with Crippen LogP contribution in [-0.2, 0) is 14.4 Å². The van der Waals surface area contributed by atoms with Gasteiger partial charge in [0.05, 0.1) is 12.2 Å². The second-order valence-corrected chi connectivity index (χ2v) is 6.49. The summed E-state index contributed by atoms with van der Waals surface area (Å²) < 4.78 is 1.75. The lowest BCUT2D eigenvalue weighted by Crippen LogP contribution is -2.38. The van der Waals surface area contributed by atoms with Crippen molar-refractivity contribution in [3.05, 3.63) is 35.8 Å². The predicted octanol–water partition coefficient (Wildman–Crippen LogP) is 0.250. The number of carboxylic acids is 1. The first-order chi connectivity index (χ1) is 13.9. The number of amides is 3. The molecule has 0 saturated carbocycles. The summed E-state index contributed by atoms with van der Waals surface area (Å²) in [6, 6.07) is 5.54. The molecular weight excluding hydrogens is 378 g/mol. The van der Waals surface area contributed by atoms with Gasteiger partial charge >= 0.3 is 5.97 Å². The van der Waals surface area contributed by atoms with Crippen molar-refractivity contribution < 1.29 is 24.3 Å². The van der Waals surface area contributed by atoms with E-state index in [2.05, 4.69) is 20.9 Å². The molecule has 10 nitrogen and oxygen atoms in total. The van der Waals surface area contributed by atoms with Crippen LogP contribution in [0.15, 0.2) is 24.4 Å². The maximum atomic E-state index is 12.4. The number of hydrogen-bond donors (Lipinski definition) is 4. The van der Waals surface area contributed by atoms with Crippen LogP contribution in [0.25, 0.3) is 5.65 Å². The first-order valence-electron chi connectivity index (χ1n) is 9.35. The van der Waals surface area contributed by atoms with Crippen LogP contribution in [0.5, 0.6) is 0 Å². The molecule has 0 unspecified atom stereocenters. The van der Waals surface area contributed by atoms with E-state index in [1.54, 1.807) is 17.5 Å². The van der Waals surface area contributed by atoms with Gasteiger partial charge in [0.15, 0.2) is 0 Å². The summed E-state index contributed by atoms with van der Waals surface area (Å²) in [6.45, 7) is 1.55. The number of carbonyl (C=O) groups is 4. The van der Waals surface area contributed by atoms with E-state index in [1.807, 2.05) is 18.2 Å². The number of carbonyl (C=O) groups excluding carboxylic acids is 3. The number of pyridine rings is 1. The van der Waals surface area contributed by atoms with Gasteiger partial charge in [-0.05, 0) is 31.9 Å². The molecule has 0 radical (unpaired) electrons. The van der Waals surface area contributed by atoms with E-state index in [0.717, 1.165) is 12.1 Å². The SMILES string of the molecule is Cc1nc2ccccn2c1C(=O)NCCCCCC(=O)NCC(=O)NCC(=O)O. The Balaban J connectivity index is 1.60. The first kappa shape index (κ1) is 21.9. The average Bonchev–Trinajstić information content (AvgIpc) is 3.02. The van der Waals surface area contributed by atoms with Crippen molar-refractivity contribution in [2.24, 2.45) is 0 Å². The fourth-order valence-corrected chi connectivity index (χ4v) is 2.76. The van der Waals surface area contributed by atoms with Crippen molar-refractivity contribution >= 4 is 29.3 Å². The second-order valence-electron chi connectivity index (χ2n) is 6.49. The van der Waals surface area contributed by atoms with E-state index < -0.39 is 18.4 Å². The third kappa shape index (κ3) is 6.91. The zero-order valence-corrected chi connectivity index (χ0v) is 16.2. The number of nitrogens with zero attached hydrogens (tertiary/aromatic N) is 2. The summed E-state index contributed by atoms with van der Waals surface area (Å²) in [4.78, 5) is 50.1. The van der Waals surface area contributed by atoms with Gasteiger partial charge < -0.3 is 21.1 Å². The molecule has 0 saturated heterocycles. The molecule has 156 valence electrons. The van der Waals surface area contributed by atoms with E-state index in [-0.39, 0.29) is 24.8 Å². The van der Waals surface area contributed by atoms with E-state index in [9.17, 15) is 19.2 Å². The van der Waals surface area contributed by atoms with Crippen LogP contribution in [0.3, 0.4) is 0 Å². The summed E-state index contributed by atoms with van der Waals surface area (Å²) >= 11 is 0. The van der Waals surface area contributed by atoms with Crippen LogP contribution in [0, 0.1) is 6.92 Å². The Morgan fingerprint density at radius 1 is 1.00 bits per heavy atom. The Morgan fingerprint density at radius 2 is 1.76 bits per heavy atom. The number of imidazole rings is 1. The quantitative estimate of drug-likeness (QED) is 0.396. The summed E-state index contributed by atoms with van der Waals surface area (Å²) in [5, 5.41) is 15.9. The molecule has 0 aliphatic carbocycles. The van der Waals surface area contributed by atoms with Crippen LogP contribution >= 0.6 is 0 Å². The topological polar surface area (TPSA) is 142 Å². The van der Waals surface area contributed by atoms with Gasteiger partial charge in [-0.3, -0.25) is 23.6 Å². The van der Waals surface area contributed by atoms with Crippen molar-refractivity contribution in [3.8, 4) is 0 Å². The zero-order valence-electron chi connectivity index (χ0n) is 16.2. The summed E-state index contributed by atoms with van der Waals surface area (Å²) in [6.07, 6.45) is 4.13. The standard InChI is InChI=1S/C19H25N5O5/c1-13-18(24-10-6-4-7-14(24)23-13)19(29)20-9-5-2-3-8-15(25)21-11-16(26)22-12-17(27)28/h4,6-7,10H,2-3,5,8-9,11-12H2,1H3,(H,20,29)(H,21,25)(H,22,26)(H,27,28). The number of aryl methyl sites for hydroxylation is 1. The minimum atomic E-state index is -1.15. The van der Waals surface area contributed by atoms with E-state index in [0.29, 0.717) is 30.8 Å². The molecule has 0 aliphatic rings. The molecule has 0 spiro atoms. The van der Waals surface area contributed by atoms with Crippen molar-refractivity contribution in [3.63, 3.8) is 0 Å². The van der Waals surface area contributed by atoms with Gasteiger partial charge in [0.1, 0.15) is 17.9 Å². The van der Waals surface area contributed by atoms with E-state index in [4.69, 9.17) is 5.11 Å². The average molecular weight is 403 g/mol. The highest BCUT2D eigenvalue weighted by atomic mass is 16.4. The largest absolute Gasteiger partial charge is 0.480 e. The molecule has 2 rings (SSSR count).